The highest BCUT2D eigenvalue weighted by Gasteiger charge is 2.10. The Balaban J connectivity index is 1.78. The molecule has 0 amide bonds. The van der Waals surface area contributed by atoms with E-state index >= 15 is 0 Å². The third kappa shape index (κ3) is 2.35. The lowest BCUT2D eigenvalue weighted by Crippen LogP contribution is -2.15. The molecule has 0 aliphatic rings. The van der Waals surface area contributed by atoms with Gasteiger partial charge in [0.1, 0.15) is 0 Å². The predicted molar refractivity (Wildman–Crippen MR) is 84.6 cm³/mol. The van der Waals surface area contributed by atoms with E-state index in [-0.39, 0.29) is 0 Å². The SMILES string of the molecule is Cc1c(CNCc2ccccc2)n(C)c2ccccc12. The smallest absolute Gasteiger partial charge is 0.0483 e. The fourth-order valence-corrected chi connectivity index (χ4v) is 2.81. The maximum Gasteiger partial charge on any atom is 0.0483 e. The average Bonchev–Trinajstić information content (AvgIpc) is 2.74. The Morgan fingerprint density at radius 1 is 0.900 bits per heavy atom. The molecular weight excluding hydrogens is 244 g/mol. The summed E-state index contributed by atoms with van der Waals surface area (Å²) in [5, 5.41) is 4.89. The fraction of sp³-hybridized carbons (Fsp3) is 0.222. The lowest BCUT2D eigenvalue weighted by Gasteiger charge is -2.08. The van der Waals surface area contributed by atoms with Gasteiger partial charge in [0.2, 0.25) is 0 Å². The van der Waals surface area contributed by atoms with E-state index in [2.05, 4.69) is 78.5 Å². The van der Waals surface area contributed by atoms with Crippen molar-refractivity contribution in [2.45, 2.75) is 20.0 Å². The van der Waals surface area contributed by atoms with Crippen molar-refractivity contribution in [2.75, 3.05) is 0 Å². The molecule has 2 heteroatoms. The average molecular weight is 264 g/mol. The number of aromatic nitrogens is 1. The molecule has 1 aromatic heterocycles. The third-order valence-corrected chi connectivity index (χ3v) is 3.97. The van der Waals surface area contributed by atoms with Crippen LogP contribution in [0, 0.1) is 6.92 Å². The number of hydrogen-bond donors (Lipinski definition) is 1. The third-order valence-electron chi connectivity index (χ3n) is 3.97. The summed E-state index contributed by atoms with van der Waals surface area (Å²) in [5.41, 5.74) is 5.37. The van der Waals surface area contributed by atoms with E-state index < -0.39 is 0 Å². The van der Waals surface area contributed by atoms with Crippen molar-refractivity contribution in [1.82, 2.24) is 9.88 Å². The number of rotatable bonds is 4. The summed E-state index contributed by atoms with van der Waals surface area (Å²) in [6.07, 6.45) is 0. The largest absolute Gasteiger partial charge is 0.346 e. The van der Waals surface area contributed by atoms with E-state index in [0.717, 1.165) is 13.1 Å². The molecule has 0 bridgehead atoms. The van der Waals surface area contributed by atoms with Gasteiger partial charge in [-0.15, -0.1) is 0 Å². The number of benzene rings is 2. The molecule has 0 fully saturated rings. The number of aryl methyl sites for hydroxylation is 2. The van der Waals surface area contributed by atoms with Crippen LogP contribution in [-0.2, 0) is 20.1 Å². The highest BCUT2D eigenvalue weighted by Crippen LogP contribution is 2.24. The number of hydrogen-bond acceptors (Lipinski definition) is 1. The van der Waals surface area contributed by atoms with Gasteiger partial charge >= 0.3 is 0 Å². The van der Waals surface area contributed by atoms with Crippen molar-refractivity contribution in [3.05, 3.63) is 71.4 Å². The molecule has 3 rings (SSSR count). The second-order valence-corrected chi connectivity index (χ2v) is 5.24. The zero-order chi connectivity index (χ0) is 13.9. The molecule has 0 aliphatic carbocycles. The molecule has 0 aliphatic heterocycles. The van der Waals surface area contributed by atoms with Gasteiger partial charge < -0.3 is 9.88 Å². The highest BCUT2D eigenvalue weighted by molar-refractivity contribution is 5.85. The second kappa shape index (κ2) is 5.51. The first-order valence-electron chi connectivity index (χ1n) is 7.05. The van der Waals surface area contributed by atoms with Crippen LogP contribution in [0.1, 0.15) is 16.8 Å². The van der Waals surface area contributed by atoms with Crippen LogP contribution in [0.25, 0.3) is 10.9 Å². The molecule has 1 N–H and O–H groups in total. The van der Waals surface area contributed by atoms with Crippen LogP contribution in [0.3, 0.4) is 0 Å². The van der Waals surface area contributed by atoms with E-state index in [1.54, 1.807) is 0 Å². The summed E-state index contributed by atoms with van der Waals surface area (Å²) in [4.78, 5) is 0. The van der Waals surface area contributed by atoms with Crippen LogP contribution >= 0.6 is 0 Å². The van der Waals surface area contributed by atoms with Crippen LogP contribution in [0.5, 0.6) is 0 Å². The van der Waals surface area contributed by atoms with Gasteiger partial charge in [-0.1, -0.05) is 48.5 Å². The zero-order valence-corrected chi connectivity index (χ0v) is 12.1. The molecule has 20 heavy (non-hydrogen) atoms. The van der Waals surface area contributed by atoms with E-state index in [1.807, 2.05) is 0 Å². The lowest BCUT2D eigenvalue weighted by atomic mass is 10.1. The molecular formula is C18H20N2. The number of fused-ring (bicyclic) bond motifs is 1. The van der Waals surface area contributed by atoms with Crippen molar-refractivity contribution in [3.63, 3.8) is 0 Å². The van der Waals surface area contributed by atoms with E-state index in [0.29, 0.717) is 0 Å². The molecule has 0 spiro atoms. The maximum atomic E-state index is 3.54. The Hall–Kier alpha value is -2.06. The van der Waals surface area contributed by atoms with Crippen molar-refractivity contribution < 1.29 is 0 Å². The summed E-state index contributed by atoms with van der Waals surface area (Å²) in [5.74, 6) is 0. The van der Waals surface area contributed by atoms with Gasteiger partial charge in [-0.3, -0.25) is 0 Å². The molecule has 2 aromatic carbocycles. The Bertz CT molecular complexity index is 672. The molecule has 1 heterocycles. The zero-order valence-electron chi connectivity index (χ0n) is 12.1. The molecule has 102 valence electrons. The maximum absolute atomic E-state index is 3.54. The molecule has 0 saturated carbocycles. The van der Waals surface area contributed by atoms with Crippen LogP contribution in [0.4, 0.5) is 0 Å². The van der Waals surface area contributed by atoms with Crippen molar-refractivity contribution in [1.29, 1.82) is 0 Å². The Morgan fingerprint density at radius 2 is 1.60 bits per heavy atom. The van der Waals surface area contributed by atoms with Crippen LogP contribution in [0.2, 0.25) is 0 Å². The number of para-hydroxylation sites is 1. The fourth-order valence-electron chi connectivity index (χ4n) is 2.81. The monoisotopic (exact) mass is 264 g/mol. The van der Waals surface area contributed by atoms with Gasteiger partial charge in [0.05, 0.1) is 0 Å². The Kier molecular flexibility index (Phi) is 3.57. The normalized spacial score (nSPS) is 11.1. The highest BCUT2D eigenvalue weighted by atomic mass is 15.0. The summed E-state index contributed by atoms with van der Waals surface area (Å²) < 4.78 is 2.29. The van der Waals surface area contributed by atoms with E-state index in [9.17, 15) is 0 Å². The summed E-state index contributed by atoms with van der Waals surface area (Å²) in [6.45, 7) is 4.01. The molecule has 0 saturated heterocycles. The Labute approximate surface area is 120 Å². The predicted octanol–water partition coefficient (Wildman–Crippen LogP) is 3.78. The first-order valence-corrected chi connectivity index (χ1v) is 7.05. The van der Waals surface area contributed by atoms with Gasteiger partial charge in [-0.05, 0) is 24.1 Å². The summed E-state index contributed by atoms with van der Waals surface area (Å²) in [7, 11) is 2.15. The quantitative estimate of drug-likeness (QED) is 0.759. The summed E-state index contributed by atoms with van der Waals surface area (Å²) >= 11 is 0. The van der Waals surface area contributed by atoms with Crippen molar-refractivity contribution in [3.8, 4) is 0 Å². The van der Waals surface area contributed by atoms with E-state index in [1.165, 1.54) is 27.7 Å². The van der Waals surface area contributed by atoms with Crippen molar-refractivity contribution in [2.24, 2.45) is 7.05 Å². The van der Waals surface area contributed by atoms with Gasteiger partial charge in [-0.25, -0.2) is 0 Å². The minimum Gasteiger partial charge on any atom is -0.346 e. The number of nitrogens with one attached hydrogen (secondary N) is 1. The molecule has 3 aromatic rings. The Morgan fingerprint density at radius 3 is 2.35 bits per heavy atom. The van der Waals surface area contributed by atoms with Crippen LogP contribution in [0.15, 0.2) is 54.6 Å². The molecule has 0 radical (unpaired) electrons. The molecule has 0 atom stereocenters. The minimum absolute atomic E-state index is 0.895. The van der Waals surface area contributed by atoms with Crippen molar-refractivity contribution >= 4 is 10.9 Å². The number of nitrogens with zero attached hydrogens (tertiary/aromatic N) is 1. The van der Waals surface area contributed by atoms with Gasteiger partial charge in [0.25, 0.3) is 0 Å². The van der Waals surface area contributed by atoms with Gasteiger partial charge in [0.15, 0.2) is 0 Å². The topological polar surface area (TPSA) is 17.0 Å². The molecule has 0 unspecified atom stereocenters. The standard InChI is InChI=1S/C18H20N2/c1-14-16-10-6-7-11-17(16)20(2)18(14)13-19-12-15-8-4-3-5-9-15/h3-11,19H,12-13H2,1-2H3. The van der Waals surface area contributed by atoms with Gasteiger partial charge in [-0.2, -0.15) is 0 Å². The minimum atomic E-state index is 0.895. The molecule has 2 nitrogen and oxygen atoms in total. The summed E-state index contributed by atoms with van der Waals surface area (Å²) in [6, 6.07) is 19.1. The lowest BCUT2D eigenvalue weighted by molar-refractivity contribution is 0.656. The van der Waals surface area contributed by atoms with Gasteiger partial charge in [0, 0.05) is 36.7 Å². The van der Waals surface area contributed by atoms with Crippen LogP contribution in [-0.4, -0.2) is 4.57 Å². The second-order valence-electron chi connectivity index (χ2n) is 5.24. The first-order chi connectivity index (χ1) is 9.77. The first kappa shape index (κ1) is 12.9. The van der Waals surface area contributed by atoms with E-state index in [4.69, 9.17) is 0 Å². The van der Waals surface area contributed by atoms with Crippen LogP contribution < -0.4 is 5.32 Å².